The van der Waals surface area contributed by atoms with Crippen LogP contribution < -0.4 is 16.0 Å². The van der Waals surface area contributed by atoms with Gasteiger partial charge in [0.1, 0.15) is 5.82 Å². The minimum Gasteiger partial charge on any atom is -0.356 e. The summed E-state index contributed by atoms with van der Waals surface area (Å²) in [6.07, 6.45) is 0.556. The van der Waals surface area contributed by atoms with Crippen LogP contribution in [0.2, 0.25) is 5.02 Å². The Bertz CT molecular complexity index is 756. The van der Waals surface area contributed by atoms with Gasteiger partial charge in [0.15, 0.2) is 5.96 Å². The van der Waals surface area contributed by atoms with E-state index in [1.54, 1.807) is 43.4 Å². The maximum Gasteiger partial charge on any atom is 0.251 e. The summed E-state index contributed by atoms with van der Waals surface area (Å²) in [5, 5.41) is 9.61. The fourth-order valence-corrected chi connectivity index (χ4v) is 2.42. The molecule has 3 N–H and O–H groups in total. The molecule has 1 amide bonds. The molecule has 2 rings (SSSR count). The van der Waals surface area contributed by atoms with Gasteiger partial charge >= 0.3 is 0 Å². The Morgan fingerprint density at radius 1 is 1.00 bits per heavy atom. The lowest BCUT2D eigenvalue weighted by Crippen LogP contribution is -2.42. The van der Waals surface area contributed by atoms with E-state index >= 15 is 0 Å². The molecule has 0 bridgehead atoms. The van der Waals surface area contributed by atoms with E-state index in [1.165, 1.54) is 6.07 Å². The van der Waals surface area contributed by atoms with Crippen molar-refractivity contribution in [2.24, 2.45) is 4.99 Å². The van der Waals surface area contributed by atoms with E-state index in [0.717, 1.165) is 0 Å². The summed E-state index contributed by atoms with van der Waals surface area (Å²) >= 11 is 5.80. The molecular formula is C19H23ClFIN4O. The third-order valence-electron chi connectivity index (χ3n) is 3.68. The first-order valence-corrected chi connectivity index (χ1v) is 8.69. The van der Waals surface area contributed by atoms with Crippen molar-refractivity contribution in [2.75, 3.05) is 26.7 Å². The van der Waals surface area contributed by atoms with Gasteiger partial charge in [-0.2, -0.15) is 0 Å². The Morgan fingerprint density at radius 3 is 2.30 bits per heavy atom. The van der Waals surface area contributed by atoms with Crippen molar-refractivity contribution in [1.29, 1.82) is 0 Å². The van der Waals surface area contributed by atoms with Gasteiger partial charge in [-0.05, 0) is 42.3 Å². The topological polar surface area (TPSA) is 65.5 Å². The number of guanidine groups is 1. The van der Waals surface area contributed by atoms with Gasteiger partial charge in [0.25, 0.3) is 5.91 Å². The quantitative estimate of drug-likeness (QED) is 0.235. The van der Waals surface area contributed by atoms with Crippen LogP contribution in [0.4, 0.5) is 4.39 Å². The molecule has 0 aliphatic carbocycles. The molecule has 0 atom stereocenters. The molecule has 8 heteroatoms. The predicted octanol–water partition coefficient (Wildman–Crippen LogP) is 3.23. The highest BCUT2D eigenvalue weighted by atomic mass is 127. The molecular weight excluding hydrogens is 482 g/mol. The highest BCUT2D eigenvalue weighted by Crippen LogP contribution is 2.09. The van der Waals surface area contributed by atoms with Crippen LogP contribution >= 0.6 is 35.6 Å². The normalized spacial score (nSPS) is 10.7. The number of benzene rings is 2. The summed E-state index contributed by atoms with van der Waals surface area (Å²) in [5.74, 6) is 0.232. The van der Waals surface area contributed by atoms with E-state index in [0.29, 0.717) is 48.2 Å². The van der Waals surface area contributed by atoms with E-state index < -0.39 is 0 Å². The van der Waals surface area contributed by atoms with Crippen LogP contribution in [-0.2, 0) is 6.42 Å². The van der Waals surface area contributed by atoms with Crippen LogP contribution in [0.1, 0.15) is 15.9 Å². The Labute approximate surface area is 180 Å². The van der Waals surface area contributed by atoms with Crippen LogP contribution in [-0.4, -0.2) is 38.5 Å². The van der Waals surface area contributed by atoms with Crippen LogP contribution in [0.15, 0.2) is 53.5 Å². The fourth-order valence-electron chi connectivity index (χ4n) is 2.30. The van der Waals surface area contributed by atoms with Crippen molar-refractivity contribution >= 4 is 47.4 Å². The maximum atomic E-state index is 13.6. The summed E-state index contributed by atoms with van der Waals surface area (Å²) in [7, 11) is 1.66. The van der Waals surface area contributed by atoms with Gasteiger partial charge in [0.2, 0.25) is 0 Å². The maximum absolute atomic E-state index is 13.6. The van der Waals surface area contributed by atoms with E-state index in [4.69, 9.17) is 11.6 Å². The summed E-state index contributed by atoms with van der Waals surface area (Å²) < 4.78 is 13.6. The number of nitrogens with zero attached hydrogens (tertiary/aromatic N) is 1. The molecule has 2 aromatic carbocycles. The summed E-state index contributed by atoms with van der Waals surface area (Å²) in [5.41, 5.74) is 1.22. The molecule has 0 saturated heterocycles. The van der Waals surface area contributed by atoms with E-state index in [1.807, 2.05) is 6.07 Å². The van der Waals surface area contributed by atoms with Gasteiger partial charge < -0.3 is 16.0 Å². The number of aliphatic imine (C=N–C) groups is 1. The van der Waals surface area contributed by atoms with Gasteiger partial charge in [0.05, 0.1) is 0 Å². The number of carbonyl (C=O) groups is 1. The molecule has 0 heterocycles. The number of halogens is 3. The predicted molar refractivity (Wildman–Crippen MR) is 119 cm³/mol. The summed E-state index contributed by atoms with van der Waals surface area (Å²) in [6.45, 7) is 1.51. The van der Waals surface area contributed by atoms with Gasteiger partial charge in [-0.1, -0.05) is 29.8 Å². The molecule has 0 aromatic heterocycles. The van der Waals surface area contributed by atoms with Crippen molar-refractivity contribution < 1.29 is 9.18 Å². The first-order chi connectivity index (χ1) is 12.6. The van der Waals surface area contributed by atoms with Crippen molar-refractivity contribution in [1.82, 2.24) is 16.0 Å². The number of amides is 1. The van der Waals surface area contributed by atoms with Crippen molar-refractivity contribution in [3.8, 4) is 0 Å². The smallest absolute Gasteiger partial charge is 0.251 e. The van der Waals surface area contributed by atoms with Crippen LogP contribution in [0.3, 0.4) is 0 Å². The largest absolute Gasteiger partial charge is 0.356 e. The highest BCUT2D eigenvalue weighted by molar-refractivity contribution is 14.0. The molecule has 0 radical (unpaired) electrons. The fraction of sp³-hybridized carbons (Fsp3) is 0.263. The number of hydrogen-bond donors (Lipinski definition) is 3. The number of hydrogen-bond acceptors (Lipinski definition) is 2. The Morgan fingerprint density at radius 2 is 1.63 bits per heavy atom. The lowest BCUT2D eigenvalue weighted by molar-refractivity contribution is 0.0954. The van der Waals surface area contributed by atoms with Gasteiger partial charge in [-0.3, -0.25) is 9.79 Å². The molecule has 5 nitrogen and oxygen atoms in total. The molecule has 0 aliphatic heterocycles. The Kier molecular flexibility index (Phi) is 10.7. The Hall–Kier alpha value is -1.87. The monoisotopic (exact) mass is 504 g/mol. The molecule has 0 spiro atoms. The first kappa shape index (κ1) is 23.2. The first-order valence-electron chi connectivity index (χ1n) is 8.32. The zero-order valence-corrected chi connectivity index (χ0v) is 18.1. The third kappa shape index (κ3) is 8.13. The second kappa shape index (κ2) is 12.5. The molecule has 0 unspecified atom stereocenters. The molecule has 146 valence electrons. The minimum absolute atomic E-state index is 0. The lowest BCUT2D eigenvalue weighted by atomic mass is 10.1. The van der Waals surface area contributed by atoms with E-state index in [2.05, 4.69) is 20.9 Å². The second-order valence-corrected chi connectivity index (χ2v) is 5.97. The van der Waals surface area contributed by atoms with Crippen molar-refractivity contribution in [3.05, 3.63) is 70.5 Å². The van der Waals surface area contributed by atoms with Gasteiger partial charge in [-0.25, -0.2) is 4.39 Å². The summed E-state index contributed by atoms with van der Waals surface area (Å²) in [4.78, 5) is 16.1. The van der Waals surface area contributed by atoms with E-state index in [9.17, 15) is 9.18 Å². The summed E-state index contributed by atoms with van der Waals surface area (Å²) in [6, 6.07) is 13.4. The minimum atomic E-state index is -0.206. The van der Waals surface area contributed by atoms with Crippen LogP contribution in [0, 0.1) is 5.82 Å². The van der Waals surface area contributed by atoms with Crippen LogP contribution in [0.25, 0.3) is 0 Å². The average Bonchev–Trinajstić information content (AvgIpc) is 2.65. The van der Waals surface area contributed by atoms with Gasteiger partial charge in [-0.15, -0.1) is 24.0 Å². The number of nitrogens with one attached hydrogen (secondary N) is 3. The highest BCUT2D eigenvalue weighted by Gasteiger charge is 2.05. The lowest BCUT2D eigenvalue weighted by Gasteiger charge is -2.12. The molecule has 0 saturated carbocycles. The second-order valence-electron chi connectivity index (χ2n) is 5.53. The van der Waals surface area contributed by atoms with Crippen LogP contribution in [0.5, 0.6) is 0 Å². The zero-order valence-electron chi connectivity index (χ0n) is 15.0. The van der Waals surface area contributed by atoms with Crippen molar-refractivity contribution in [3.63, 3.8) is 0 Å². The number of carbonyl (C=O) groups excluding carboxylic acids is 1. The molecule has 2 aromatic rings. The third-order valence-corrected chi connectivity index (χ3v) is 3.93. The Balaban J connectivity index is 0.00000364. The standard InChI is InChI=1S/C19H22ClFN4O.HI/c1-22-19(24-11-10-14-4-2-3-5-17(14)21)25-13-12-23-18(26)15-6-8-16(20)9-7-15;/h2-9H,10-13H2,1H3,(H,23,26)(H2,22,24,25);1H. The average molecular weight is 505 g/mol. The molecule has 0 fully saturated rings. The van der Waals surface area contributed by atoms with Gasteiger partial charge in [0, 0.05) is 37.3 Å². The van der Waals surface area contributed by atoms with E-state index in [-0.39, 0.29) is 35.7 Å². The number of rotatable bonds is 7. The molecule has 0 aliphatic rings. The van der Waals surface area contributed by atoms with Crippen molar-refractivity contribution in [2.45, 2.75) is 6.42 Å². The SMILES string of the molecule is CN=C(NCCNC(=O)c1ccc(Cl)cc1)NCCc1ccccc1F.I. The molecule has 27 heavy (non-hydrogen) atoms. The zero-order chi connectivity index (χ0) is 18.8.